The first-order valence-electron chi connectivity index (χ1n) is 8.03. The maximum Gasteiger partial charge on any atom is 0.306 e. The van der Waals surface area contributed by atoms with Crippen LogP contribution in [0.1, 0.15) is 57.1 Å². The molecule has 1 aromatic carbocycles. The summed E-state index contributed by atoms with van der Waals surface area (Å²) in [7, 11) is 1.38. The standard InChI is InChI=1S/C16H20O5.C2H6/c1-10(17)21-9-13-7-12(5-6-15(13)18)14(11-3-4-11)8-16(19)20-2;1-2/h5-7,11,14,18H,3-4,8-9H2,1-2H3;1-2H3. The van der Waals surface area contributed by atoms with Crippen LogP contribution in [0.4, 0.5) is 0 Å². The molecule has 5 heteroatoms. The highest BCUT2D eigenvalue weighted by Crippen LogP contribution is 2.45. The van der Waals surface area contributed by atoms with E-state index < -0.39 is 5.97 Å². The molecule has 1 atom stereocenters. The number of ether oxygens (including phenoxy) is 2. The van der Waals surface area contributed by atoms with Crippen LogP contribution >= 0.6 is 0 Å². The third-order valence-corrected chi connectivity index (χ3v) is 3.77. The Bertz CT molecular complexity index is 534. The number of esters is 2. The molecule has 0 bridgehead atoms. The minimum atomic E-state index is -0.395. The zero-order valence-corrected chi connectivity index (χ0v) is 14.3. The van der Waals surface area contributed by atoms with Crippen LogP contribution in [-0.2, 0) is 25.7 Å². The molecule has 23 heavy (non-hydrogen) atoms. The first kappa shape index (κ1) is 19.0. The molecule has 1 fully saturated rings. The Labute approximate surface area is 137 Å². The summed E-state index contributed by atoms with van der Waals surface area (Å²) in [6.07, 6.45) is 2.53. The number of benzene rings is 1. The van der Waals surface area contributed by atoms with E-state index in [-0.39, 0.29) is 24.2 Å². The maximum absolute atomic E-state index is 11.6. The molecule has 0 spiro atoms. The van der Waals surface area contributed by atoms with Gasteiger partial charge >= 0.3 is 11.9 Å². The van der Waals surface area contributed by atoms with Gasteiger partial charge in [-0.3, -0.25) is 9.59 Å². The molecule has 0 aromatic heterocycles. The molecule has 1 unspecified atom stereocenters. The van der Waals surface area contributed by atoms with Gasteiger partial charge in [0.25, 0.3) is 0 Å². The van der Waals surface area contributed by atoms with E-state index in [0.29, 0.717) is 17.9 Å². The van der Waals surface area contributed by atoms with Crippen LogP contribution in [0.5, 0.6) is 5.75 Å². The number of methoxy groups -OCH3 is 1. The number of hydrogen-bond acceptors (Lipinski definition) is 5. The lowest BCUT2D eigenvalue weighted by molar-refractivity contribution is -0.142. The lowest BCUT2D eigenvalue weighted by Crippen LogP contribution is -2.11. The van der Waals surface area contributed by atoms with Crippen molar-refractivity contribution in [3.05, 3.63) is 29.3 Å². The van der Waals surface area contributed by atoms with Crippen LogP contribution in [0.15, 0.2) is 18.2 Å². The van der Waals surface area contributed by atoms with Crippen molar-refractivity contribution < 1.29 is 24.2 Å². The van der Waals surface area contributed by atoms with Gasteiger partial charge < -0.3 is 14.6 Å². The molecule has 2 rings (SSSR count). The normalized spacial score (nSPS) is 14.3. The van der Waals surface area contributed by atoms with Crippen LogP contribution in [0.2, 0.25) is 0 Å². The van der Waals surface area contributed by atoms with Gasteiger partial charge in [0.15, 0.2) is 0 Å². The first-order chi connectivity index (χ1) is 11.0. The van der Waals surface area contributed by atoms with E-state index in [0.717, 1.165) is 18.4 Å². The van der Waals surface area contributed by atoms with Gasteiger partial charge in [0, 0.05) is 12.5 Å². The Balaban J connectivity index is 0.00000127. The first-order valence-corrected chi connectivity index (χ1v) is 8.03. The fourth-order valence-corrected chi connectivity index (χ4v) is 2.45. The minimum absolute atomic E-state index is 0.0324. The third-order valence-electron chi connectivity index (χ3n) is 3.77. The summed E-state index contributed by atoms with van der Waals surface area (Å²) in [6, 6.07) is 5.21. The largest absolute Gasteiger partial charge is 0.508 e. The number of phenols is 1. The highest BCUT2D eigenvalue weighted by atomic mass is 16.5. The lowest BCUT2D eigenvalue weighted by atomic mass is 9.90. The minimum Gasteiger partial charge on any atom is -0.508 e. The topological polar surface area (TPSA) is 72.8 Å². The fraction of sp³-hybridized carbons (Fsp3) is 0.556. The molecular formula is C18H26O5. The van der Waals surface area contributed by atoms with Crippen molar-refractivity contribution in [1.82, 2.24) is 0 Å². The quantitative estimate of drug-likeness (QED) is 0.811. The highest BCUT2D eigenvalue weighted by molar-refractivity contribution is 5.70. The molecule has 0 radical (unpaired) electrons. The van der Waals surface area contributed by atoms with E-state index in [1.54, 1.807) is 6.07 Å². The number of phenolic OH excluding ortho intramolecular Hbond substituents is 1. The second-order valence-corrected chi connectivity index (χ2v) is 5.39. The van der Waals surface area contributed by atoms with Crippen molar-refractivity contribution >= 4 is 11.9 Å². The molecule has 0 saturated heterocycles. The third kappa shape index (κ3) is 5.93. The Morgan fingerprint density at radius 3 is 2.48 bits per heavy atom. The fourth-order valence-electron chi connectivity index (χ4n) is 2.45. The Morgan fingerprint density at radius 1 is 1.30 bits per heavy atom. The van der Waals surface area contributed by atoms with Crippen LogP contribution in [0.25, 0.3) is 0 Å². The molecule has 0 aliphatic heterocycles. The molecule has 0 heterocycles. The van der Waals surface area contributed by atoms with Gasteiger partial charge in [0.2, 0.25) is 0 Å². The van der Waals surface area contributed by atoms with Crippen LogP contribution in [0, 0.1) is 5.92 Å². The summed E-state index contributed by atoms with van der Waals surface area (Å²) in [5, 5.41) is 9.83. The smallest absolute Gasteiger partial charge is 0.306 e. The molecule has 1 aromatic rings. The summed E-state index contributed by atoms with van der Waals surface area (Å²) in [4.78, 5) is 22.4. The van der Waals surface area contributed by atoms with Gasteiger partial charge in [0.1, 0.15) is 12.4 Å². The van der Waals surface area contributed by atoms with Crippen LogP contribution < -0.4 is 0 Å². The number of rotatable bonds is 6. The molecule has 1 saturated carbocycles. The Kier molecular flexibility index (Phi) is 7.59. The number of aromatic hydroxyl groups is 1. The summed E-state index contributed by atoms with van der Waals surface area (Å²) in [5.41, 5.74) is 1.53. The zero-order chi connectivity index (χ0) is 17.4. The van der Waals surface area contributed by atoms with Crippen molar-refractivity contribution in [2.75, 3.05) is 7.11 Å². The van der Waals surface area contributed by atoms with Gasteiger partial charge in [-0.2, -0.15) is 0 Å². The number of carbonyl (C=O) groups excluding carboxylic acids is 2. The lowest BCUT2D eigenvalue weighted by Gasteiger charge is -2.17. The van der Waals surface area contributed by atoms with E-state index in [1.165, 1.54) is 14.0 Å². The SMILES string of the molecule is CC.COC(=O)CC(c1ccc(O)c(COC(C)=O)c1)C1CC1. The molecule has 1 N–H and O–H groups in total. The second-order valence-electron chi connectivity index (χ2n) is 5.39. The Hall–Kier alpha value is -2.04. The predicted molar refractivity (Wildman–Crippen MR) is 87.0 cm³/mol. The van der Waals surface area contributed by atoms with Gasteiger partial charge in [-0.1, -0.05) is 19.9 Å². The van der Waals surface area contributed by atoms with E-state index in [1.807, 2.05) is 26.0 Å². The average molecular weight is 322 g/mol. The van der Waals surface area contributed by atoms with E-state index in [4.69, 9.17) is 9.47 Å². The van der Waals surface area contributed by atoms with Gasteiger partial charge in [0.05, 0.1) is 13.5 Å². The van der Waals surface area contributed by atoms with Crippen molar-refractivity contribution in [2.45, 2.75) is 52.6 Å². The van der Waals surface area contributed by atoms with Gasteiger partial charge in [-0.15, -0.1) is 0 Å². The van der Waals surface area contributed by atoms with Crippen molar-refractivity contribution in [1.29, 1.82) is 0 Å². The molecular weight excluding hydrogens is 296 g/mol. The predicted octanol–water partition coefficient (Wildman–Crippen LogP) is 3.54. The summed E-state index contributed by atoms with van der Waals surface area (Å²) in [6.45, 7) is 5.36. The van der Waals surface area contributed by atoms with Gasteiger partial charge in [-0.05, 0) is 42.4 Å². The van der Waals surface area contributed by atoms with E-state index >= 15 is 0 Å². The number of carbonyl (C=O) groups is 2. The highest BCUT2D eigenvalue weighted by Gasteiger charge is 2.34. The monoisotopic (exact) mass is 322 g/mol. The van der Waals surface area contributed by atoms with E-state index in [2.05, 4.69) is 0 Å². The van der Waals surface area contributed by atoms with Crippen LogP contribution in [0.3, 0.4) is 0 Å². The molecule has 0 amide bonds. The van der Waals surface area contributed by atoms with Crippen molar-refractivity contribution in [3.8, 4) is 5.75 Å². The molecule has 1 aliphatic carbocycles. The second kappa shape index (κ2) is 9.18. The average Bonchev–Trinajstić information content (AvgIpc) is 3.38. The van der Waals surface area contributed by atoms with Crippen LogP contribution in [-0.4, -0.2) is 24.2 Å². The summed E-state index contributed by atoms with van der Waals surface area (Å²) in [5.74, 6) is 0.0339. The Morgan fingerprint density at radius 2 is 1.96 bits per heavy atom. The van der Waals surface area contributed by atoms with Crippen molar-refractivity contribution in [3.63, 3.8) is 0 Å². The molecule has 1 aliphatic rings. The van der Waals surface area contributed by atoms with Gasteiger partial charge in [-0.25, -0.2) is 0 Å². The molecule has 5 nitrogen and oxygen atoms in total. The maximum atomic E-state index is 11.6. The van der Waals surface area contributed by atoms with Crippen molar-refractivity contribution in [2.24, 2.45) is 5.92 Å². The summed E-state index contributed by atoms with van der Waals surface area (Å²) < 4.78 is 9.69. The summed E-state index contributed by atoms with van der Waals surface area (Å²) >= 11 is 0. The number of hydrogen-bond donors (Lipinski definition) is 1. The van der Waals surface area contributed by atoms with E-state index in [9.17, 15) is 14.7 Å². The molecule has 128 valence electrons. The zero-order valence-electron chi connectivity index (χ0n) is 14.3.